The molecule has 1 fully saturated rings. The Kier molecular flexibility index (Phi) is 4.44. The molecule has 0 aromatic heterocycles. The van der Waals surface area contributed by atoms with E-state index < -0.39 is 0 Å². The van der Waals surface area contributed by atoms with Crippen LogP contribution in [0.25, 0.3) is 0 Å². The van der Waals surface area contributed by atoms with Crippen molar-refractivity contribution in [3.63, 3.8) is 0 Å². The quantitative estimate of drug-likeness (QED) is 0.748. The normalized spacial score (nSPS) is 22.8. The first kappa shape index (κ1) is 13.2. The minimum absolute atomic E-state index is 0.0630. The van der Waals surface area contributed by atoms with E-state index in [1.54, 1.807) is 0 Å². The summed E-state index contributed by atoms with van der Waals surface area (Å²) in [6.07, 6.45) is 1.83. The Balaban J connectivity index is 1.62. The molecule has 2 rings (SSSR count). The van der Waals surface area contributed by atoms with Gasteiger partial charge in [-0.2, -0.15) is 0 Å². The lowest BCUT2D eigenvalue weighted by Gasteiger charge is -2.34. The number of hydrogen-bond acceptors (Lipinski definition) is 4. The van der Waals surface area contributed by atoms with Crippen LogP contribution in [0, 0.1) is 5.92 Å². The van der Waals surface area contributed by atoms with Gasteiger partial charge in [0.1, 0.15) is 12.4 Å². The molecule has 1 aromatic rings. The van der Waals surface area contributed by atoms with Crippen LogP contribution in [-0.2, 0) is 0 Å². The van der Waals surface area contributed by atoms with E-state index in [4.69, 9.17) is 10.5 Å². The highest BCUT2D eigenvalue weighted by molar-refractivity contribution is 5.43. The molecule has 0 unspecified atom stereocenters. The predicted octanol–water partition coefficient (Wildman–Crippen LogP) is 1.35. The van der Waals surface area contributed by atoms with E-state index in [-0.39, 0.29) is 6.10 Å². The third-order valence-electron chi connectivity index (χ3n) is 3.38. The number of nitrogen functional groups attached to an aromatic ring is 1. The first-order chi connectivity index (χ1) is 8.63. The summed E-state index contributed by atoms with van der Waals surface area (Å²) in [5, 5.41) is 9.23. The molecule has 0 spiro atoms. The predicted molar refractivity (Wildman–Crippen MR) is 72.6 cm³/mol. The van der Waals surface area contributed by atoms with Gasteiger partial charge in [-0.15, -0.1) is 0 Å². The Labute approximate surface area is 108 Å². The van der Waals surface area contributed by atoms with Crippen LogP contribution in [0.2, 0.25) is 0 Å². The van der Waals surface area contributed by atoms with Crippen molar-refractivity contribution in [2.45, 2.75) is 18.9 Å². The third kappa shape index (κ3) is 3.89. The zero-order chi connectivity index (χ0) is 13.0. The molecule has 4 heteroatoms. The fourth-order valence-corrected chi connectivity index (χ4v) is 2.31. The smallest absolute Gasteiger partial charge is 0.121 e. The maximum atomic E-state index is 9.23. The van der Waals surface area contributed by atoms with Gasteiger partial charge in [-0.1, -0.05) is 6.07 Å². The second kappa shape index (κ2) is 6.07. The molecule has 18 heavy (non-hydrogen) atoms. The largest absolute Gasteiger partial charge is 0.492 e. The second-order valence-corrected chi connectivity index (χ2v) is 5.17. The molecule has 0 saturated heterocycles. The summed E-state index contributed by atoms with van der Waals surface area (Å²) in [6, 6.07) is 7.49. The van der Waals surface area contributed by atoms with Gasteiger partial charge in [-0.25, -0.2) is 0 Å². The standard InChI is InChI=1S/C14H22N2O2/c1-16(10-11-7-13(17)8-11)5-6-18-14-4-2-3-12(15)9-14/h2-4,9,11,13,17H,5-8,10,15H2,1H3. The van der Waals surface area contributed by atoms with Crippen LogP contribution in [0.3, 0.4) is 0 Å². The lowest BCUT2D eigenvalue weighted by Crippen LogP contribution is -2.38. The Morgan fingerprint density at radius 3 is 2.89 bits per heavy atom. The van der Waals surface area contributed by atoms with Crippen molar-refractivity contribution >= 4 is 5.69 Å². The first-order valence-corrected chi connectivity index (χ1v) is 6.48. The van der Waals surface area contributed by atoms with E-state index in [1.807, 2.05) is 24.3 Å². The molecule has 0 amide bonds. The van der Waals surface area contributed by atoms with Gasteiger partial charge in [0.25, 0.3) is 0 Å². The highest BCUT2D eigenvalue weighted by Gasteiger charge is 2.27. The van der Waals surface area contributed by atoms with E-state index in [1.165, 1.54) is 0 Å². The Hall–Kier alpha value is -1.26. The Bertz CT molecular complexity index is 378. The molecule has 0 atom stereocenters. The average Bonchev–Trinajstić information content (AvgIpc) is 2.27. The molecule has 1 aliphatic carbocycles. The summed E-state index contributed by atoms with van der Waals surface area (Å²) >= 11 is 0. The lowest BCUT2D eigenvalue weighted by molar-refractivity contribution is 0.0269. The number of aliphatic hydroxyl groups is 1. The van der Waals surface area contributed by atoms with Gasteiger partial charge in [0.15, 0.2) is 0 Å². The number of nitrogens with zero attached hydrogens (tertiary/aromatic N) is 1. The SMILES string of the molecule is CN(CCOc1cccc(N)c1)CC1CC(O)C1. The van der Waals surface area contributed by atoms with E-state index in [9.17, 15) is 5.11 Å². The van der Waals surface area contributed by atoms with Crippen molar-refractivity contribution in [3.8, 4) is 5.75 Å². The monoisotopic (exact) mass is 250 g/mol. The maximum absolute atomic E-state index is 9.23. The van der Waals surface area contributed by atoms with Crippen molar-refractivity contribution in [2.75, 3.05) is 32.5 Å². The number of anilines is 1. The van der Waals surface area contributed by atoms with Crippen molar-refractivity contribution in [2.24, 2.45) is 5.92 Å². The molecule has 0 bridgehead atoms. The summed E-state index contributed by atoms with van der Waals surface area (Å²) in [5.74, 6) is 1.47. The fraction of sp³-hybridized carbons (Fsp3) is 0.571. The summed E-state index contributed by atoms with van der Waals surface area (Å²) in [6.45, 7) is 2.59. The zero-order valence-electron chi connectivity index (χ0n) is 10.9. The molecule has 1 aliphatic rings. The summed E-state index contributed by atoms with van der Waals surface area (Å²) in [4.78, 5) is 2.25. The van der Waals surface area contributed by atoms with Gasteiger partial charge in [0, 0.05) is 24.8 Å². The molecule has 100 valence electrons. The van der Waals surface area contributed by atoms with Crippen LogP contribution >= 0.6 is 0 Å². The van der Waals surface area contributed by atoms with E-state index >= 15 is 0 Å². The topological polar surface area (TPSA) is 58.7 Å². The molecule has 3 N–H and O–H groups in total. The molecule has 1 aromatic carbocycles. The summed E-state index contributed by atoms with van der Waals surface area (Å²) in [5.41, 5.74) is 6.41. The second-order valence-electron chi connectivity index (χ2n) is 5.17. The minimum Gasteiger partial charge on any atom is -0.492 e. The molecule has 4 nitrogen and oxygen atoms in total. The molecule has 0 aliphatic heterocycles. The van der Waals surface area contributed by atoms with Crippen molar-refractivity contribution in [1.29, 1.82) is 0 Å². The van der Waals surface area contributed by atoms with Crippen LogP contribution in [0.15, 0.2) is 24.3 Å². The molecule has 0 heterocycles. The van der Waals surface area contributed by atoms with Gasteiger partial charge in [-0.05, 0) is 37.9 Å². The number of aliphatic hydroxyl groups excluding tert-OH is 1. The average molecular weight is 250 g/mol. The Morgan fingerprint density at radius 2 is 2.22 bits per heavy atom. The molecular formula is C14H22N2O2. The number of hydrogen-bond donors (Lipinski definition) is 2. The highest BCUT2D eigenvalue weighted by atomic mass is 16.5. The molecule has 1 saturated carbocycles. The van der Waals surface area contributed by atoms with Crippen LogP contribution in [0.1, 0.15) is 12.8 Å². The lowest BCUT2D eigenvalue weighted by atomic mass is 9.82. The number of benzene rings is 1. The number of ether oxygens (including phenoxy) is 1. The minimum atomic E-state index is -0.0630. The van der Waals surface area contributed by atoms with Gasteiger partial charge in [0.2, 0.25) is 0 Å². The molecule has 0 radical (unpaired) electrons. The number of rotatable bonds is 6. The number of nitrogens with two attached hydrogens (primary N) is 1. The fourth-order valence-electron chi connectivity index (χ4n) is 2.31. The van der Waals surface area contributed by atoms with Gasteiger partial charge >= 0.3 is 0 Å². The molecular weight excluding hydrogens is 228 g/mol. The van der Waals surface area contributed by atoms with Crippen molar-refractivity contribution in [3.05, 3.63) is 24.3 Å². The highest BCUT2D eigenvalue weighted by Crippen LogP contribution is 2.27. The van der Waals surface area contributed by atoms with Crippen molar-refractivity contribution < 1.29 is 9.84 Å². The Morgan fingerprint density at radius 1 is 1.44 bits per heavy atom. The number of likely N-dealkylation sites (N-methyl/N-ethyl adjacent to an activating group) is 1. The van der Waals surface area contributed by atoms with Crippen LogP contribution in [0.4, 0.5) is 5.69 Å². The van der Waals surface area contributed by atoms with E-state index in [0.29, 0.717) is 12.5 Å². The van der Waals surface area contributed by atoms with Crippen LogP contribution in [0.5, 0.6) is 5.75 Å². The maximum Gasteiger partial charge on any atom is 0.121 e. The van der Waals surface area contributed by atoms with Gasteiger partial charge in [-0.3, -0.25) is 0 Å². The van der Waals surface area contributed by atoms with Crippen LogP contribution < -0.4 is 10.5 Å². The van der Waals surface area contributed by atoms with Crippen molar-refractivity contribution in [1.82, 2.24) is 4.90 Å². The van der Waals surface area contributed by atoms with Gasteiger partial charge in [0.05, 0.1) is 6.10 Å². The zero-order valence-corrected chi connectivity index (χ0v) is 10.9. The third-order valence-corrected chi connectivity index (χ3v) is 3.38. The van der Waals surface area contributed by atoms with E-state index in [2.05, 4.69) is 11.9 Å². The van der Waals surface area contributed by atoms with Crippen LogP contribution in [-0.4, -0.2) is 42.9 Å². The van der Waals surface area contributed by atoms with E-state index in [0.717, 1.165) is 37.4 Å². The first-order valence-electron chi connectivity index (χ1n) is 6.48. The summed E-state index contributed by atoms with van der Waals surface area (Å²) in [7, 11) is 2.09. The summed E-state index contributed by atoms with van der Waals surface area (Å²) < 4.78 is 5.64. The van der Waals surface area contributed by atoms with Gasteiger partial charge < -0.3 is 20.5 Å².